The highest BCUT2D eigenvalue weighted by molar-refractivity contribution is 6.71. The number of pyridine rings is 1. The predicted octanol–water partition coefficient (Wildman–Crippen LogP) is 4.90. The number of rotatable bonds is 13. The van der Waals surface area contributed by atoms with Gasteiger partial charge in [-0.1, -0.05) is 35.4 Å². The van der Waals surface area contributed by atoms with Crippen LogP contribution in [0.15, 0.2) is 70.8 Å². The summed E-state index contributed by atoms with van der Waals surface area (Å²) in [5.41, 5.74) is 3.26. The van der Waals surface area contributed by atoms with Crippen molar-refractivity contribution in [3.05, 3.63) is 87.6 Å². The van der Waals surface area contributed by atoms with Gasteiger partial charge in [0.05, 0.1) is 24.6 Å². The van der Waals surface area contributed by atoms with Gasteiger partial charge >= 0.3 is 0 Å². The largest absolute Gasteiger partial charge is 0.491 e. The van der Waals surface area contributed by atoms with Crippen LogP contribution in [0.4, 0.5) is 5.69 Å². The van der Waals surface area contributed by atoms with Gasteiger partial charge in [-0.2, -0.15) is 0 Å². The second kappa shape index (κ2) is 14.3. The van der Waals surface area contributed by atoms with Crippen molar-refractivity contribution in [3.8, 4) is 11.4 Å². The Morgan fingerprint density at radius 1 is 1.17 bits per heavy atom. The van der Waals surface area contributed by atoms with Crippen molar-refractivity contribution in [3.63, 3.8) is 0 Å². The van der Waals surface area contributed by atoms with Gasteiger partial charge in [-0.25, -0.2) is 0 Å². The van der Waals surface area contributed by atoms with Gasteiger partial charge in [0.2, 0.25) is 0 Å². The van der Waals surface area contributed by atoms with Crippen LogP contribution in [0.3, 0.4) is 0 Å². The molecule has 0 aliphatic carbocycles. The lowest BCUT2D eigenvalue weighted by Crippen LogP contribution is -2.46. The molecule has 48 heavy (non-hydrogen) atoms. The Kier molecular flexibility index (Phi) is 10.6. The van der Waals surface area contributed by atoms with E-state index in [1.807, 2.05) is 44.4 Å². The van der Waals surface area contributed by atoms with E-state index in [0.717, 1.165) is 18.5 Å². The fourth-order valence-corrected chi connectivity index (χ4v) is 9.98. The number of carbonyl (C=O) groups is 1. The summed E-state index contributed by atoms with van der Waals surface area (Å²) in [6.07, 6.45) is 10.1. The molecule has 1 saturated heterocycles. The van der Waals surface area contributed by atoms with Crippen molar-refractivity contribution in [2.45, 2.75) is 90.3 Å². The number of benzene rings is 1. The van der Waals surface area contributed by atoms with Crippen LogP contribution in [-0.4, -0.2) is 70.1 Å². The number of carbonyl (C=O) groups excluding carboxylic acids is 1. The zero-order valence-electron chi connectivity index (χ0n) is 29.1. The molecule has 1 fully saturated rings. The fraction of sp³-hybridized carbons (Fsp3) is 0.500. The summed E-state index contributed by atoms with van der Waals surface area (Å²) < 4.78 is 15.6. The van der Waals surface area contributed by atoms with Crippen molar-refractivity contribution in [2.75, 3.05) is 25.2 Å². The summed E-state index contributed by atoms with van der Waals surface area (Å²) in [4.78, 5) is 41.6. The molecule has 3 aromatic rings. The van der Waals surface area contributed by atoms with Crippen LogP contribution in [-0.2, 0) is 28.1 Å². The molecular weight excluding hydrogens is 627 g/mol. The number of allylic oxidation sites excluding steroid dienone is 3. The molecule has 1 spiro atoms. The molecule has 0 saturated carbocycles. The van der Waals surface area contributed by atoms with Crippen LogP contribution in [0.25, 0.3) is 5.69 Å². The van der Waals surface area contributed by atoms with Gasteiger partial charge in [-0.3, -0.25) is 18.8 Å². The van der Waals surface area contributed by atoms with E-state index in [9.17, 15) is 19.5 Å². The summed E-state index contributed by atoms with van der Waals surface area (Å²) in [6.45, 7) is 12.9. The standard InChI is InChI=1S/C36H49N5O6Si/c1-24(2)10-8-11-25(3)15-20-41-30-14-13-28(40-18-9-12-32(46-5)34(40)43)22-29(30)36(35(41)44)26(4)33(48(6,7)45)31(47-36)16-19-39-23-27(17-21-42)37-38-39/h9-10,12-15,18,22-23,26,31,33,42,45H,8,11,16-17,19-21H2,1-7H3/b25-15+/t26-,31+,33-,36+/m0/s1. The Morgan fingerprint density at radius 3 is 2.62 bits per heavy atom. The fourth-order valence-electron chi connectivity index (χ4n) is 7.37. The molecule has 0 unspecified atom stereocenters. The number of aryl methyl sites for hydroxylation is 1. The first-order valence-corrected chi connectivity index (χ1v) is 19.8. The maximum Gasteiger partial charge on any atom is 0.297 e. The monoisotopic (exact) mass is 675 g/mol. The van der Waals surface area contributed by atoms with Gasteiger partial charge in [-0.15, -0.1) is 5.10 Å². The van der Waals surface area contributed by atoms with E-state index in [-0.39, 0.29) is 35.3 Å². The summed E-state index contributed by atoms with van der Waals surface area (Å²) in [6, 6.07) is 9.00. The van der Waals surface area contributed by atoms with E-state index >= 15 is 0 Å². The number of ether oxygens (including phenoxy) is 2. The maximum atomic E-state index is 14.9. The molecule has 2 aromatic heterocycles. The SMILES string of the molecule is COc1cccn(-c2ccc3c(c2)[C@@]2(O[C@H](CCn4cc(CCO)nn4)[C@@H]([Si](C)(C)O)[C@@H]2C)C(=O)N3C/C=C(\C)CCC=C(C)C)c1=O. The Hall–Kier alpha value is -3.84. The molecule has 0 radical (unpaired) electrons. The minimum absolute atomic E-state index is 0.0110. The molecule has 258 valence electrons. The maximum absolute atomic E-state index is 14.9. The molecule has 2 aliphatic heterocycles. The van der Waals surface area contributed by atoms with Gasteiger partial charge < -0.3 is 24.3 Å². The molecule has 1 amide bonds. The lowest BCUT2D eigenvalue weighted by molar-refractivity contribution is -0.145. The van der Waals surface area contributed by atoms with Gasteiger partial charge in [0.15, 0.2) is 19.7 Å². The number of aliphatic hydroxyl groups is 1. The normalized spacial score (nSPS) is 22.4. The number of anilines is 1. The number of methoxy groups -OCH3 is 1. The van der Waals surface area contributed by atoms with E-state index in [4.69, 9.17) is 9.47 Å². The molecule has 4 heterocycles. The topological polar surface area (TPSA) is 132 Å². The van der Waals surface area contributed by atoms with Crippen molar-refractivity contribution in [1.82, 2.24) is 19.6 Å². The number of amides is 1. The third kappa shape index (κ3) is 6.84. The van der Waals surface area contributed by atoms with Crippen molar-refractivity contribution < 1.29 is 24.2 Å². The van der Waals surface area contributed by atoms with Crippen LogP contribution in [0, 0.1) is 5.92 Å². The van der Waals surface area contributed by atoms with Gasteiger partial charge in [0, 0.05) is 61.2 Å². The Labute approximate surface area is 283 Å². The number of nitrogens with zero attached hydrogens (tertiary/aromatic N) is 5. The van der Waals surface area contributed by atoms with Gasteiger partial charge in [0.25, 0.3) is 11.5 Å². The van der Waals surface area contributed by atoms with E-state index in [1.165, 1.54) is 22.8 Å². The first-order chi connectivity index (χ1) is 22.8. The summed E-state index contributed by atoms with van der Waals surface area (Å²) in [5.74, 6) is -0.301. The first-order valence-electron chi connectivity index (χ1n) is 16.7. The minimum Gasteiger partial charge on any atom is -0.491 e. The number of aliphatic hydroxyl groups excluding tert-OH is 1. The minimum atomic E-state index is -2.89. The molecule has 5 rings (SSSR count). The third-order valence-electron chi connectivity index (χ3n) is 9.69. The number of fused-ring (bicyclic) bond motifs is 2. The van der Waals surface area contributed by atoms with E-state index in [2.05, 4.69) is 43.2 Å². The van der Waals surface area contributed by atoms with E-state index in [0.29, 0.717) is 42.9 Å². The van der Waals surface area contributed by atoms with Gasteiger partial charge in [-0.05, 0) is 83.5 Å². The highest BCUT2D eigenvalue weighted by Crippen LogP contribution is 2.59. The number of hydrogen-bond acceptors (Lipinski definition) is 8. The average Bonchev–Trinajstić information content (AvgIpc) is 3.68. The van der Waals surface area contributed by atoms with E-state index in [1.54, 1.807) is 27.9 Å². The Morgan fingerprint density at radius 2 is 1.94 bits per heavy atom. The molecule has 1 aromatic carbocycles. The molecular formula is C36H49N5O6Si. The highest BCUT2D eigenvalue weighted by Gasteiger charge is 2.66. The second-order valence-electron chi connectivity index (χ2n) is 13.8. The third-order valence-corrected chi connectivity index (χ3v) is 12.2. The molecule has 2 aliphatic rings. The smallest absolute Gasteiger partial charge is 0.297 e. The molecule has 0 bridgehead atoms. The lowest BCUT2D eigenvalue weighted by Gasteiger charge is -2.32. The van der Waals surface area contributed by atoms with Crippen molar-refractivity contribution in [2.24, 2.45) is 5.92 Å². The van der Waals surface area contributed by atoms with E-state index < -0.39 is 20.0 Å². The van der Waals surface area contributed by atoms with Crippen LogP contribution < -0.4 is 15.2 Å². The zero-order valence-corrected chi connectivity index (χ0v) is 30.1. The van der Waals surface area contributed by atoms with Crippen molar-refractivity contribution >= 4 is 19.9 Å². The van der Waals surface area contributed by atoms with Crippen LogP contribution in [0.2, 0.25) is 18.6 Å². The Bertz CT molecular complexity index is 1750. The quantitative estimate of drug-likeness (QED) is 0.193. The van der Waals surface area contributed by atoms with Crippen LogP contribution in [0.5, 0.6) is 5.75 Å². The average molecular weight is 676 g/mol. The first kappa shape index (κ1) is 35.5. The summed E-state index contributed by atoms with van der Waals surface area (Å²) >= 11 is 0. The molecule has 4 atom stereocenters. The highest BCUT2D eigenvalue weighted by atomic mass is 28.4. The molecule has 11 nitrogen and oxygen atoms in total. The Balaban J connectivity index is 1.57. The summed E-state index contributed by atoms with van der Waals surface area (Å²) in [7, 11) is -1.42. The second-order valence-corrected chi connectivity index (χ2v) is 17.8. The summed E-state index contributed by atoms with van der Waals surface area (Å²) in [5, 5.41) is 17.7. The van der Waals surface area contributed by atoms with Crippen LogP contribution in [0.1, 0.15) is 58.2 Å². The predicted molar refractivity (Wildman–Crippen MR) is 188 cm³/mol. The number of aromatic nitrogens is 4. The zero-order chi connectivity index (χ0) is 34.8. The molecule has 2 N–H and O–H groups in total. The number of hydrogen-bond donors (Lipinski definition) is 2. The molecule has 12 heteroatoms. The van der Waals surface area contributed by atoms with Crippen molar-refractivity contribution in [1.29, 1.82) is 0 Å². The van der Waals surface area contributed by atoms with Gasteiger partial charge in [0.1, 0.15) is 0 Å². The van der Waals surface area contributed by atoms with Crippen LogP contribution >= 0.6 is 0 Å². The lowest BCUT2D eigenvalue weighted by atomic mass is 9.82.